The molecule has 29 heavy (non-hydrogen) atoms. The van der Waals surface area contributed by atoms with Gasteiger partial charge < -0.3 is 18.1 Å². The maximum atomic E-state index is 13.4. The molecular formula is C20H44O6P2S. The summed E-state index contributed by atoms with van der Waals surface area (Å²) < 4.78 is 48.8. The fraction of sp³-hybridized carbons (Fsp3) is 1.00. The van der Waals surface area contributed by atoms with Crippen molar-refractivity contribution in [2.45, 2.75) is 91.4 Å². The predicted molar refractivity (Wildman–Crippen MR) is 125 cm³/mol. The molecule has 176 valence electrons. The molecule has 0 aromatic rings. The van der Waals surface area contributed by atoms with Crippen LogP contribution in [-0.2, 0) is 27.2 Å². The minimum Gasteiger partial charge on any atom is -0.308 e. The lowest BCUT2D eigenvalue weighted by Crippen LogP contribution is -2.20. The summed E-state index contributed by atoms with van der Waals surface area (Å²) in [6.07, 6.45) is 10.1. The van der Waals surface area contributed by atoms with Crippen LogP contribution in [0, 0.1) is 0 Å². The summed E-state index contributed by atoms with van der Waals surface area (Å²) in [6.45, 7) is 10.1. The maximum Gasteiger partial charge on any atom is 0.346 e. The molecule has 0 aromatic carbocycles. The molecule has 0 unspecified atom stereocenters. The first kappa shape index (κ1) is 29.7. The minimum absolute atomic E-state index is 0.217. The van der Waals surface area contributed by atoms with E-state index in [4.69, 9.17) is 18.1 Å². The van der Waals surface area contributed by atoms with Gasteiger partial charge in [0.2, 0.25) is 0 Å². The second kappa shape index (κ2) is 18.2. The summed E-state index contributed by atoms with van der Waals surface area (Å²) in [6, 6.07) is 0. The van der Waals surface area contributed by atoms with Crippen LogP contribution in [0.4, 0.5) is 0 Å². The fourth-order valence-electron chi connectivity index (χ4n) is 3.02. The molecule has 0 aliphatic rings. The van der Waals surface area contributed by atoms with Crippen LogP contribution in [0.3, 0.4) is 0 Å². The molecule has 0 atom stereocenters. The monoisotopic (exact) mass is 474 g/mol. The Morgan fingerprint density at radius 3 is 1.38 bits per heavy atom. The Morgan fingerprint density at radius 1 is 0.621 bits per heavy atom. The Labute approximate surface area is 183 Å². The highest BCUT2D eigenvalue weighted by Gasteiger charge is 2.50. The van der Waals surface area contributed by atoms with Gasteiger partial charge >= 0.3 is 15.2 Å². The van der Waals surface area contributed by atoms with E-state index in [0.717, 1.165) is 12.2 Å². The van der Waals surface area contributed by atoms with Crippen molar-refractivity contribution < 1.29 is 27.2 Å². The van der Waals surface area contributed by atoms with Crippen LogP contribution in [0.15, 0.2) is 0 Å². The number of hydrogen-bond acceptors (Lipinski definition) is 7. The van der Waals surface area contributed by atoms with Crippen molar-refractivity contribution in [3.05, 3.63) is 0 Å². The third-order valence-electron chi connectivity index (χ3n) is 4.38. The zero-order valence-electron chi connectivity index (χ0n) is 19.2. The first-order chi connectivity index (χ1) is 13.9. The highest BCUT2D eigenvalue weighted by atomic mass is 32.2. The molecule has 0 heterocycles. The van der Waals surface area contributed by atoms with Crippen LogP contribution < -0.4 is 0 Å². The number of thioether (sulfide) groups is 1. The molecule has 0 saturated carbocycles. The molecule has 0 radical (unpaired) electrons. The van der Waals surface area contributed by atoms with Crippen LogP contribution in [0.2, 0.25) is 0 Å². The zero-order chi connectivity index (χ0) is 22.0. The van der Waals surface area contributed by atoms with E-state index in [1.807, 2.05) is 0 Å². The summed E-state index contributed by atoms with van der Waals surface area (Å²) >= 11 is 1.63. The van der Waals surface area contributed by atoms with Crippen molar-refractivity contribution in [3.63, 3.8) is 0 Å². The molecule has 0 aliphatic heterocycles. The summed E-state index contributed by atoms with van der Waals surface area (Å²) in [5.74, 6) is 1.28. The second-order valence-electron chi connectivity index (χ2n) is 6.78. The molecule has 0 spiro atoms. The van der Waals surface area contributed by atoms with Crippen LogP contribution in [0.25, 0.3) is 0 Å². The van der Waals surface area contributed by atoms with Gasteiger partial charge in [-0.25, -0.2) is 0 Å². The normalized spacial score (nSPS) is 12.8. The van der Waals surface area contributed by atoms with Gasteiger partial charge in [0.25, 0.3) is 0 Å². The Morgan fingerprint density at radius 2 is 1.00 bits per heavy atom. The molecule has 0 bridgehead atoms. The molecule has 6 nitrogen and oxygen atoms in total. The highest BCUT2D eigenvalue weighted by molar-refractivity contribution is 8.00. The first-order valence-electron chi connectivity index (χ1n) is 11.3. The molecular weight excluding hydrogens is 430 g/mol. The second-order valence-corrected chi connectivity index (χ2v) is 12.8. The number of hydrogen-bond donors (Lipinski definition) is 0. The van der Waals surface area contributed by atoms with Crippen LogP contribution in [0.1, 0.15) is 86.0 Å². The summed E-state index contributed by atoms with van der Waals surface area (Å²) in [5, 5.41) is -0.908. The molecule has 0 saturated heterocycles. The minimum atomic E-state index is -3.62. The molecule has 0 aliphatic carbocycles. The van der Waals surface area contributed by atoms with Gasteiger partial charge in [-0.15, -0.1) is 0 Å². The smallest absolute Gasteiger partial charge is 0.308 e. The lowest BCUT2D eigenvalue weighted by molar-refractivity contribution is 0.197. The Kier molecular flexibility index (Phi) is 18.7. The number of rotatable bonds is 21. The predicted octanol–water partition coefficient (Wildman–Crippen LogP) is 7.72. The molecule has 0 aromatic heterocycles. The molecule has 9 heteroatoms. The lowest BCUT2D eigenvalue weighted by Gasteiger charge is -2.31. The Balaban J connectivity index is 4.80. The highest BCUT2D eigenvalue weighted by Crippen LogP contribution is 2.70. The van der Waals surface area contributed by atoms with Crippen molar-refractivity contribution in [2.75, 3.05) is 37.9 Å². The first-order valence-corrected chi connectivity index (χ1v) is 15.7. The van der Waals surface area contributed by atoms with Crippen LogP contribution >= 0.6 is 27.0 Å². The average Bonchev–Trinajstić information content (AvgIpc) is 2.66. The summed E-state index contributed by atoms with van der Waals surface area (Å²) in [7, 11) is -7.24. The van der Waals surface area contributed by atoms with Gasteiger partial charge in [-0.3, -0.25) is 9.13 Å². The van der Waals surface area contributed by atoms with Gasteiger partial charge in [0, 0.05) is 5.75 Å². The van der Waals surface area contributed by atoms with E-state index in [0.29, 0.717) is 5.75 Å². The van der Waals surface area contributed by atoms with Crippen molar-refractivity contribution in [2.24, 2.45) is 0 Å². The summed E-state index contributed by atoms with van der Waals surface area (Å²) in [4.78, 5) is 0. The molecule has 0 amide bonds. The fourth-order valence-corrected chi connectivity index (χ4v) is 10.4. The van der Waals surface area contributed by atoms with E-state index in [9.17, 15) is 9.13 Å². The van der Waals surface area contributed by atoms with E-state index in [-0.39, 0.29) is 26.4 Å². The third-order valence-corrected chi connectivity index (χ3v) is 12.0. The average molecular weight is 475 g/mol. The Bertz CT molecular complexity index is 428. The van der Waals surface area contributed by atoms with E-state index in [1.165, 1.54) is 44.9 Å². The molecule has 0 rings (SSSR count). The van der Waals surface area contributed by atoms with Gasteiger partial charge in [0.1, 0.15) is 0 Å². The van der Waals surface area contributed by atoms with E-state index >= 15 is 0 Å². The topological polar surface area (TPSA) is 71.1 Å². The van der Waals surface area contributed by atoms with Crippen molar-refractivity contribution in [1.29, 1.82) is 0 Å². The van der Waals surface area contributed by atoms with Crippen molar-refractivity contribution >= 4 is 27.0 Å². The quantitative estimate of drug-likeness (QED) is 0.125. The van der Waals surface area contributed by atoms with E-state index in [1.54, 1.807) is 39.5 Å². The van der Waals surface area contributed by atoms with Crippen LogP contribution in [-0.4, -0.2) is 43.3 Å². The van der Waals surface area contributed by atoms with Crippen molar-refractivity contribution in [3.8, 4) is 0 Å². The summed E-state index contributed by atoms with van der Waals surface area (Å²) in [5.41, 5.74) is 0. The SMILES string of the molecule is CCCCCCCCCCSCC(P(=O)(OCC)OCC)P(=O)(OCC)OCC. The zero-order valence-corrected chi connectivity index (χ0v) is 21.8. The third kappa shape index (κ3) is 12.3. The van der Waals surface area contributed by atoms with E-state index < -0.39 is 20.6 Å². The molecule has 0 N–H and O–H groups in total. The Hall–Kier alpha value is 0.650. The standard InChI is InChI=1S/C20H44O6P2S/c1-6-11-12-13-14-15-16-17-18-29-19-20(27(21,23-7-2)24-8-3)28(22,25-9-4)26-10-5/h20H,6-19H2,1-5H3. The van der Waals surface area contributed by atoms with Gasteiger partial charge in [-0.1, -0.05) is 51.9 Å². The van der Waals surface area contributed by atoms with Gasteiger partial charge in [0.05, 0.1) is 26.4 Å². The van der Waals surface area contributed by atoms with Crippen LogP contribution in [0.5, 0.6) is 0 Å². The van der Waals surface area contributed by atoms with E-state index in [2.05, 4.69) is 6.92 Å². The van der Waals surface area contributed by atoms with Gasteiger partial charge in [0.15, 0.2) is 5.40 Å². The van der Waals surface area contributed by atoms with Gasteiger partial charge in [-0.05, 0) is 39.9 Å². The van der Waals surface area contributed by atoms with Crippen molar-refractivity contribution in [1.82, 2.24) is 0 Å². The number of unbranched alkanes of at least 4 members (excludes halogenated alkanes) is 7. The lowest BCUT2D eigenvalue weighted by atomic mass is 10.1. The largest absolute Gasteiger partial charge is 0.346 e. The molecule has 0 fully saturated rings. The maximum absolute atomic E-state index is 13.4. The van der Waals surface area contributed by atoms with Gasteiger partial charge in [-0.2, -0.15) is 11.8 Å².